The van der Waals surface area contributed by atoms with Crippen LogP contribution in [0.1, 0.15) is 58.8 Å². The highest BCUT2D eigenvalue weighted by atomic mass is 15.1. The van der Waals surface area contributed by atoms with Crippen molar-refractivity contribution in [1.29, 1.82) is 0 Å². The zero-order valence-electron chi connectivity index (χ0n) is 11.0. The Kier molecular flexibility index (Phi) is 10.4. The maximum atomic E-state index is 5.51. The van der Waals surface area contributed by atoms with Gasteiger partial charge in [-0.05, 0) is 39.9 Å². The van der Waals surface area contributed by atoms with Crippen molar-refractivity contribution >= 4 is 0 Å². The smallest absolute Gasteiger partial charge is 0.00638 e. The van der Waals surface area contributed by atoms with Gasteiger partial charge in [-0.15, -0.1) is 0 Å². The fraction of sp³-hybridized carbons (Fsp3) is 1.00. The molecule has 0 amide bonds. The van der Waals surface area contributed by atoms with Crippen LogP contribution in [0.2, 0.25) is 0 Å². The second kappa shape index (κ2) is 10.4. The molecule has 92 valence electrons. The van der Waals surface area contributed by atoms with Gasteiger partial charge in [0.05, 0.1) is 0 Å². The molecule has 0 rings (SSSR count). The number of unbranched alkanes of at least 4 members (excludes halogenated alkanes) is 4. The Morgan fingerprint density at radius 2 is 1.73 bits per heavy atom. The van der Waals surface area contributed by atoms with Gasteiger partial charge in [0.15, 0.2) is 0 Å². The lowest BCUT2D eigenvalue weighted by molar-refractivity contribution is 0.240. The predicted molar refractivity (Wildman–Crippen MR) is 69.1 cm³/mol. The van der Waals surface area contributed by atoms with Gasteiger partial charge in [-0.25, -0.2) is 0 Å². The minimum absolute atomic E-state index is 0.721. The van der Waals surface area contributed by atoms with Crippen LogP contribution in [-0.4, -0.2) is 31.1 Å². The van der Waals surface area contributed by atoms with Crippen molar-refractivity contribution < 1.29 is 0 Å². The van der Waals surface area contributed by atoms with Crippen molar-refractivity contribution in [3.8, 4) is 0 Å². The Hall–Kier alpha value is -0.0800. The van der Waals surface area contributed by atoms with Gasteiger partial charge in [0.25, 0.3) is 0 Å². The van der Waals surface area contributed by atoms with Gasteiger partial charge in [0.1, 0.15) is 0 Å². The summed E-state index contributed by atoms with van der Waals surface area (Å²) in [6, 6.07) is 0.721. The summed E-state index contributed by atoms with van der Waals surface area (Å²) in [4.78, 5) is 2.44. The van der Waals surface area contributed by atoms with Crippen LogP contribution in [0.3, 0.4) is 0 Å². The van der Waals surface area contributed by atoms with E-state index in [1.54, 1.807) is 0 Å². The number of nitrogens with two attached hydrogens (primary N) is 1. The molecular formula is C13H30N2. The minimum Gasteiger partial charge on any atom is -0.330 e. The second-order valence-corrected chi connectivity index (χ2v) is 4.67. The van der Waals surface area contributed by atoms with E-state index < -0.39 is 0 Å². The van der Waals surface area contributed by atoms with E-state index in [1.165, 1.54) is 38.5 Å². The molecule has 2 N–H and O–H groups in total. The first-order valence-corrected chi connectivity index (χ1v) is 6.62. The Labute approximate surface area is 96.2 Å². The zero-order valence-corrected chi connectivity index (χ0v) is 11.0. The highest BCUT2D eigenvalue weighted by Crippen LogP contribution is 2.10. The molecule has 0 radical (unpaired) electrons. The molecule has 2 heteroatoms. The lowest BCUT2D eigenvalue weighted by Crippen LogP contribution is -2.30. The fourth-order valence-electron chi connectivity index (χ4n) is 1.82. The summed E-state index contributed by atoms with van der Waals surface area (Å²) in [6.45, 7) is 6.56. The Bertz CT molecular complexity index is 126. The van der Waals surface area contributed by atoms with Crippen LogP contribution in [-0.2, 0) is 0 Å². The van der Waals surface area contributed by atoms with Crippen LogP contribution in [0.4, 0.5) is 0 Å². The zero-order chi connectivity index (χ0) is 11.5. The molecule has 0 heterocycles. The summed E-state index contributed by atoms with van der Waals surface area (Å²) in [5, 5.41) is 0. The molecule has 0 fully saturated rings. The second-order valence-electron chi connectivity index (χ2n) is 4.67. The molecule has 0 aliphatic carbocycles. The lowest BCUT2D eigenvalue weighted by atomic mass is 10.1. The van der Waals surface area contributed by atoms with Gasteiger partial charge in [-0.1, -0.05) is 39.0 Å². The summed E-state index contributed by atoms with van der Waals surface area (Å²) in [7, 11) is 2.21. The largest absolute Gasteiger partial charge is 0.330 e. The molecule has 0 aromatic rings. The van der Waals surface area contributed by atoms with Crippen molar-refractivity contribution in [2.24, 2.45) is 5.73 Å². The average Bonchev–Trinajstić information content (AvgIpc) is 2.25. The van der Waals surface area contributed by atoms with Gasteiger partial charge in [-0.3, -0.25) is 0 Å². The van der Waals surface area contributed by atoms with Gasteiger partial charge >= 0.3 is 0 Å². The first-order chi connectivity index (χ1) is 7.22. The van der Waals surface area contributed by atoms with Crippen LogP contribution < -0.4 is 5.73 Å². The molecule has 1 unspecified atom stereocenters. The molecule has 0 bridgehead atoms. The number of hydrogen-bond acceptors (Lipinski definition) is 2. The average molecular weight is 214 g/mol. The third-order valence-electron chi connectivity index (χ3n) is 3.19. The molecule has 1 atom stereocenters. The van der Waals surface area contributed by atoms with Crippen LogP contribution in [0.5, 0.6) is 0 Å². The van der Waals surface area contributed by atoms with Crippen LogP contribution in [0.15, 0.2) is 0 Å². The lowest BCUT2D eigenvalue weighted by Gasteiger charge is -2.24. The molecule has 2 nitrogen and oxygen atoms in total. The van der Waals surface area contributed by atoms with Crippen molar-refractivity contribution in [3.63, 3.8) is 0 Å². The molecule has 0 spiro atoms. The first-order valence-electron chi connectivity index (χ1n) is 6.62. The highest BCUT2D eigenvalue weighted by molar-refractivity contribution is 4.63. The molecule has 15 heavy (non-hydrogen) atoms. The van der Waals surface area contributed by atoms with Gasteiger partial charge < -0.3 is 10.6 Å². The van der Waals surface area contributed by atoms with E-state index in [1.807, 2.05) is 0 Å². The summed E-state index contributed by atoms with van der Waals surface area (Å²) in [5.41, 5.74) is 5.51. The summed E-state index contributed by atoms with van der Waals surface area (Å²) >= 11 is 0. The van der Waals surface area contributed by atoms with Crippen LogP contribution in [0, 0.1) is 0 Å². The van der Waals surface area contributed by atoms with Gasteiger partial charge in [0.2, 0.25) is 0 Å². The minimum atomic E-state index is 0.721. The maximum absolute atomic E-state index is 5.51. The van der Waals surface area contributed by atoms with E-state index in [2.05, 4.69) is 25.8 Å². The summed E-state index contributed by atoms with van der Waals surface area (Å²) in [5.74, 6) is 0. The van der Waals surface area contributed by atoms with E-state index in [-0.39, 0.29) is 0 Å². The molecule has 0 saturated heterocycles. The number of hydrogen-bond donors (Lipinski definition) is 1. The van der Waals surface area contributed by atoms with Crippen molar-refractivity contribution in [1.82, 2.24) is 4.90 Å². The molecule has 0 aliphatic rings. The third kappa shape index (κ3) is 8.88. The number of nitrogens with zero attached hydrogens (tertiary/aromatic N) is 1. The maximum Gasteiger partial charge on any atom is 0.00638 e. The molecule has 0 saturated carbocycles. The monoisotopic (exact) mass is 214 g/mol. The standard InChI is InChI=1S/C13H30N2/c1-4-5-6-7-8-10-13(2)15(3)12-9-11-14/h13H,4-12,14H2,1-3H3. The van der Waals surface area contributed by atoms with Gasteiger partial charge in [0, 0.05) is 6.04 Å². The fourth-order valence-corrected chi connectivity index (χ4v) is 1.82. The normalized spacial score (nSPS) is 13.4. The Morgan fingerprint density at radius 3 is 2.33 bits per heavy atom. The Balaban J connectivity index is 3.34. The van der Waals surface area contributed by atoms with E-state index in [0.29, 0.717) is 0 Å². The molecule has 0 aromatic carbocycles. The molecule has 0 aliphatic heterocycles. The van der Waals surface area contributed by atoms with Gasteiger partial charge in [-0.2, -0.15) is 0 Å². The van der Waals surface area contributed by atoms with E-state index in [0.717, 1.165) is 25.6 Å². The summed E-state index contributed by atoms with van der Waals surface area (Å²) in [6.07, 6.45) is 9.40. The first kappa shape index (κ1) is 14.9. The van der Waals surface area contributed by atoms with Crippen LogP contribution >= 0.6 is 0 Å². The number of rotatable bonds is 10. The quantitative estimate of drug-likeness (QED) is 0.566. The van der Waals surface area contributed by atoms with E-state index in [9.17, 15) is 0 Å². The van der Waals surface area contributed by atoms with Crippen LogP contribution in [0.25, 0.3) is 0 Å². The third-order valence-corrected chi connectivity index (χ3v) is 3.19. The Morgan fingerprint density at radius 1 is 1.07 bits per heavy atom. The van der Waals surface area contributed by atoms with E-state index >= 15 is 0 Å². The van der Waals surface area contributed by atoms with Crippen molar-refractivity contribution in [2.45, 2.75) is 64.8 Å². The SMILES string of the molecule is CCCCCCCC(C)N(C)CCCN. The van der Waals surface area contributed by atoms with E-state index in [4.69, 9.17) is 5.73 Å². The van der Waals surface area contributed by atoms with Crippen molar-refractivity contribution in [3.05, 3.63) is 0 Å². The predicted octanol–water partition coefficient (Wildman–Crippen LogP) is 3.02. The molecular weight excluding hydrogens is 184 g/mol. The topological polar surface area (TPSA) is 29.3 Å². The highest BCUT2D eigenvalue weighted by Gasteiger charge is 2.07. The molecule has 0 aromatic heterocycles. The van der Waals surface area contributed by atoms with Crippen molar-refractivity contribution in [2.75, 3.05) is 20.1 Å². The summed E-state index contributed by atoms with van der Waals surface area (Å²) < 4.78 is 0.